The van der Waals surface area contributed by atoms with Gasteiger partial charge in [-0.2, -0.15) is 0 Å². The van der Waals surface area contributed by atoms with Crippen LogP contribution in [-0.2, 0) is 17.6 Å². The van der Waals surface area contributed by atoms with Gasteiger partial charge in [-0.1, -0.05) is 0 Å². The third kappa shape index (κ3) is 2.28. The Morgan fingerprint density at radius 1 is 1.47 bits per heavy atom. The summed E-state index contributed by atoms with van der Waals surface area (Å²) in [6.45, 7) is 0. The Labute approximate surface area is 113 Å². The van der Waals surface area contributed by atoms with Gasteiger partial charge in [0.25, 0.3) is 0 Å². The first-order valence-corrected chi connectivity index (χ1v) is 6.73. The van der Waals surface area contributed by atoms with Crippen molar-refractivity contribution in [1.82, 2.24) is 15.0 Å². The fraction of sp³-hybridized carbons (Fsp3) is 0.333. The van der Waals surface area contributed by atoms with Gasteiger partial charge < -0.3 is 10.1 Å². The van der Waals surface area contributed by atoms with Gasteiger partial charge in [0.1, 0.15) is 17.7 Å². The number of nitrogens with one attached hydrogen (secondary N) is 1. The number of methoxy groups -OCH3 is 1. The van der Waals surface area contributed by atoms with Crippen molar-refractivity contribution in [2.75, 3.05) is 12.4 Å². The summed E-state index contributed by atoms with van der Waals surface area (Å²) >= 11 is 1.61. The van der Waals surface area contributed by atoms with Crippen LogP contribution in [0.5, 0.6) is 0 Å². The van der Waals surface area contributed by atoms with Crippen molar-refractivity contribution in [1.29, 1.82) is 0 Å². The van der Waals surface area contributed by atoms with Crippen LogP contribution < -0.4 is 5.32 Å². The highest BCUT2D eigenvalue weighted by Gasteiger charge is 2.19. The zero-order chi connectivity index (χ0) is 13.2. The number of hydrogen-bond donors (Lipinski definition) is 1. The highest BCUT2D eigenvalue weighted by atomic mass is 32.1. The molecule has 6 nitrogen and oxygen atoms in total. The zero-order valence-electron chi connectivity index (χ0n) is 10.3. The van der Waals surface area contributed by atoms with Gasteiger partial charge in [0.15, 0.2) is 5.13 Å². The van der Waals surface area contributed by atoms with E-state index in [0.717, 1.165) is 23.7 Å². The Morgan fingerprint density at radius 3 is 3.16 bits per heavy atom. The predicted octanol–water partition coefficient (Wildman–Crippen LogP) is 1.95. The predicted molar refractivity (Wildman–Crippen MR) is 70.8 cm³/mol. The number of aryl methyl sites for hydroxylation is 2. The maximum absolute atomic E-state index is 11.6. The molecular formula is C12H12N4O2S. The minimum atomic E-state index is -0.466. The number of esters is 1. The van der Waals surface area contributed by atoms with Crippen molar-refractivity contribution < 1.29 is 9.53 Å². The Hall–Kier alpha value is -2.02. The van der Waals surface area contributed by atoms with Crippen molar-refractivity contribution >= 4 is 28.3 Å². The molecule has 0 bridgehead atoms. The monoisotopic (exact) mass is 276 g/mol. The molecule has 7 heteroatoms. The normalized spacial score (nSPS) is 13.1. The highest BCUT2D eigenvalue weighted by molar-refractivity contribution is 7.15. The SMILES string of the molecule is COC(=O)c1cncnc1Nc1nc2c(s1)CCC2. The molecule has 0 saturated heterocycles. The van der Waals surface area contributed by atoms with Crippen LogP contribution in [0.15, 0.2) is 12.5 Å². The van der Waals surface area contributed by atoms with Crippen LogP contribution in [0.4, 0.5) is 10.9 Å². The molecule has 0 amide bonds. The summed E-state index contributed by atoms with van der Waals surface area (Å²) in [6, 6.07) is 0. The average Bonchev–Trinajstić information content (AvgIpc) is 2.99. The molecule has 0 fully saturated rings. The molecule has 98 valence electrons. The van der Waals surface area contributed by atoms with Crippen molar-refractivity contribution in [3.05, 3.63) is 28.7 Å². The summed E-state index contributed by atoms with van der Waals surface area (Å²) in [4.78, 5) is 25.3. The first kappa shape index (κ1) is 12.0. The largest absolute Gasteiger partial charge is 0.465 e. The van der Waals surface area contributed by atoms with Gasteiger partial charge in [0, 0.05) is 11.1 Å². The Bertz CT molecular complexity index is 604. The summed E-state index contributed by atoms with van der Waals surface area (Å²) < 4.78 is 4.70. The molecule has 3 rings (SSSR count). The molecule has 2 heterocycles. The number of carbonyl (C=O) groups excluding carboxylic acids is 1. The van der Waals surface area contributed by atoms with Crippen molar-refractivity contribution in [2.45, 2.75) is 19.3 Å². The average molecular weight is 276 g/mol. The third-order valence-electron chi connectivity index (χ3n) is 2.94. The van der Waals surface area contributed by atoms with Crippen LogP contribution >= 0.6 is 11.3 Å². The molecule has 2 aromatic rings. The van der Waals surface area contributed by atoms with E-state index in [1.165, 1.54) is 30.9 Å². The van der Waals surface area contributed by atoms with Gasteiger partial charge in [-0.15, -0.1) is 11.3 Å². The number of anilines is 2. The molecule has 0 aliphatic heterocycles. The van der Waals surface area contributed by atoms with E-state index < -0.39 is 5.97 Å². The second kappa shape index (κ2) is 4.93. The van der Waals surface area contributed by atoms with Gasteiger partial charge >= 0.3 is 5.97 Å². The molecule has 0 spiro atoms. The summed E-state index contributed by atoms with van der Waals surface area (Å²) in [5, 5.41) is 3.83. The van der Waals surface area contributed by atoms with Gasteiger partial charge in [0.2, 0.25) is 0 Å². The molecule has 1 N–H and O–H groups in total. The summed E-state index contributed by atoms with van der Waals surface area (Å²) in [5.74, 6) is -0.0403. The molecule has 1 aliphatic rings. The number of rotatable bonds is 3. The number of ether oxygens (including phenoxy) is 1. The van der Waals surface area contributed by atoms with Crippen molar-refractivity contribution in [2.24, 2.45) is 0 Å². The first-order valence-electron chi connectivity index (χ1n) is 5.92. The van der Waals surface area contributed by atoms with Crippen LogP contribution in [-0.4, -0.2) is 28.0 Å². The van der Waals surface area contributed by atoms with E-state index in [0.29, 0.717) is 11.4 Å². The minimum absolute atomic E-state index is 0.306. The zero-order valence-corrected chi connectivity index (χ0v) is 11.2. The molecule has 2 aromatic heterocycles. The number of aromatic nitrogens is 3. The lowest BCUT2D eigenvalue weighted by molar-refractivity contribution is 0.0601. The Balaban J connectivity index is 1.88. The molecule has 0 unspecified atom stereocenters. The van der Waals surface area contributed by atoms with Gasteiger partial charge in [-0.3, -0.25) is 0 Å². The highest BCUT2D eigenvalue weighted by Crippen LogP contribution is 2.32. The fourth-order valence-corrected chi connectivity index (χ4v) is 3.08. The van der Waals surface area contributed by atoms with E-state index in [-0.39, 0.29) is 0 Å². The van der Waals surface area contributed by atoms with Gasteiger partial charge in [-0.25, -0.2) is 19.7 Å². The van der Waals surface area contributed by atoms with Crippen LogP contribution in [0.1, 0.15) is 27.3 Å². The minimum Gasteiger partial charge on any atom is -0.465 e. The number of carbonyl (C=O) groups is 1. The van der Waals surface area contributed by atoms with Crippen LogP contribution in [0, 0.1) is 0 Å². The lowest BCUT2D eigenvalue weighted by atomic mass is 10.3. The van der Waals surface area contributed by atoms with Gasteiger partial charge in [-0.05, 0) is 19.3 Å². The summed E-state index contributed by atoms with van der Waals surface area (Å²) in [7, 11) is 1.33. The van der Waals surface area contributed by atoms with E-state index in [2.05, 4.69) is 20.3 Å². The van der Waals surface area contributed by atoms with Crippen LogP contribution in [0.3, 0.4) is 0 Å². The summed E-state index contributed by atoms with van der Waals surface area (Å²) in [6.07, 6.45) is 6.11. The number of hydrogen-bond acceptors (Lipinski definition) is 7. The number of thiazole rings is 1. The van der Waals surface area contributed by atoms with Crippen LogP contribution in [0.2, 0.25) is 0 Å². The molecule has 1 aliphatic carbocycles. The number of fused-ring (bicyclic) bond motifs is 1. The Morgan fingerprint density at radius 2 is 2.37 bits per heavy atom. The van der Waals surface area contributed by atoms with E-state index in [1.807, 2.05) is 0 Å². The van der Waals surface area contributed by atoms with Crippen molar-refractivity contribution in [3.63, 3.8) is 0 Å². The van der Waals surface area contributed by atoms with Crippen molar-refractivity contribution in [3.8, 4) is 0 Å². The molecule has 19 heavy (non-hydrogen) atoms. The van der Waals surface area contributed by atoms with E-state index in [4.69, 9.17) is 4.74 Å². The summed E-state index contributed by atoms with van der Waals surface area (Å²) in [5.41, 5.74) is 1.46. The molecule has 0 aromatic carbocycles. The molecule has 0 radical (unpaired) electrons. The van der Waals surface area contributed by atoms with E-state index in [1.54, 1.807) is 11.3 Å². The van der Waals surface area contributed by atoms with Crippen LogP contribution in [0.25, 0.3) is 0 Å². The molecule has 0 atom stereocenters. The van der Waals surface area contributed by atoms with Gasteiger partial charge in [0.05, 0.1) is 12.8 Å². The maximum Gasteiger partial charge on any atom is 0.343 e. The lowest BCUT2D eigenvalue weighted by Crippen LogP contribution is -2.07. The maximum atomic E-state index is 11.6. The van der Waals surface area contributed by atoms with E-state index >= 15 is 0 Å². The second-order valence-corrected chi connectivity index (χ2v) is 5.23. The second-order valence-electron chi connectivity index (χ2n) is 4.14. The first-order chi connectivity index (χ1) is 9.28. The molecular weight excluding hydrogens is 264 g/mol. The quantitative estimate of drug-likeness (QED) is 0.863. The smallest absolute Gasteiger partial charge is 0.343 e. The number of nitrogens with zero attached hydrogens (tertiary/aromatic N) is 3. The molecule has 0 saturated carbocycles. The topological polar surface area (TPSA) is 77.0 Å². The third-order valence-corrected chi connectivity index (χ3v) is 4.01. The fourth-order valence-electron chi connectivity index (χ4n) is 2.03. The lowest BCUT2D eigenvalue weighted by Gasteiger charge is -2.06. The Kier molecular flexibility index (Phi) is 3.12. The standard InChI is InChI=1S/C12H12N4O2S/c1-18-11(17)7-5-13-6-14-10(7)16-12-15-8-3-2-4-9(8)19-12/h5-6H,2-4H2,1H3,(H,13,14,15,16). The van der Waals surface area contributed by atoms with E-state index in [9.17, 15) is 4.79 Å².